The largest absolute Gasteiger partial charge is 0.309 e. The lowest BCUT2D eigenvalue weighted by Gasteiger charge is -2.15. The Morgan fingerprint density at radius 1 is 1.13 bits per heavy atom. The van der Waals surface area contributed by atoms with Crippen LogP contribution >= 0.6 is 15.9 Å². The molecule has 23 heavy (non-hydrogen) atoms. The van der Waals surface area contributed by atoms with Crippen molar-refractivity contribution in [3.8, 4) is 0 Å². The van der Waals surface area contributed by atoms with E-state index in [4.69, 9.17) is 0 Å². The average molecular weight is 404 g/mol. The van der Waals surface area contributed by atoms with Gasteiger partial charge >= 0.3 is 0 Å². The van der Waals surface area contributed by atoms with Crippen LogP contribution in [-0.4, -0.2) is 20.7 Å². The van der Waals surface area contributed by atoms with Crippen LogP contribution in [0.25, 0.3) is 0 Å². The zero-order valence-corrected chi connectivity index (χ0v) is 14.8. The van der Waals surface area contributed by atoms with Gasteiger partial charge in [0.05, 0.1) is 10.6 Å². The van der Waals surface area contributed by atoms with Crippen LogP contribution in [0.4, 0.5) is 8.78 Å². The SMILES string of the molecule is C[C@H](NCCS(=O)(=O)c1ccc(Br)cc1)c1ccc(F)cc1F. The smallest absolute Gasteiger partial charge is 0.179 e. The molecule has 124 valence electrons. The van der Waals surface area contributed by atoms with Gasteiger partial charge in [-0.1, -0.05) is 22.0 Å². The van der Waals surface area contributed by atoms with Gasteiger partial charge in [-0.15, -0.1) is 0 Å². The zero-order valence-electron chi connectivity index (χ0n) is 12.4. The fraction of sp³-hybridized carbons (Fsp3) is 0.250. The van der Waals surface area contributed by atoms with Crippen molar-refractivity contribution in [1.82, 2.24) is 5.32 Å². The first-order chi connectivity index (χ1) is 10.8. The molecule has 2 aromatic rings. The first-order valence-corrected chi connectivity index (χ1v) is 9.41. The van der Waals surface area contributed by atoms with E-state index in [0.717, 1.165) is 10.5 Å². The third-order valence-corrected chi connectivity index (χ3v) is 5.68. The number of sulfone groups is 1. The monoisotopic (exact) mass is 403 g/mol. The standard InChI is InChI=1S/C16H16BrF2NO2S/c1-11(15-7-4-13(18)10-16(15)19)20-8-9-23(21,22)14-5-2-12(17)3-6-14/h2-7,10-11,20H,8-9H2,1H3/t11-/m0/s1. The molecular weight excluding hydrogens is 388 g/mol. The molecule has 0 amide bonds. The summed E-state index contributed by atoms with van der Waals surface area (Å²) >= 11 is 3.25. The lowest BCUT2D eigenvalue weighted by molar-refractivity contribution is 0.525. The van der Waals surface area contributed by atoms with E-state index < -0.39 is 27.5 Å². The highest BCUT2D eigenvalue weighted by atomic mass is 79.9. The Morgan fingerprint density at radius 3 is 2.39 bits per heavy atom. The molecule has 2 aromatic carbocycles. The van der Waals surface area contributed by atoms with E-state index in [-0.39, 0.29) is 17.2 Å². The topological polar surface area (TPSA) is 46.2 Å². The lowest BCUT2D eigenvalue weighted by Crippen LogP contribution is -2.26. The van der Waals surface area contributed by atoms with Gasteiger partial charge in [-0.2, -0.15) is 0 Å². The maximum Gasteiger partial charge on any atom is 0.179 e. The van der Waals surface area contributed by atoms with Crippen LogP contribution in [-0.2, 0) is 9.84 Å². The van der Waals surface area contributed by atoms with Crippen molar-refractivity contribution in [2.24, 2.45) is 0 Å². The second-order valence-corrected chi connectivity index (χ2v) is 8.14. The van der Waals surface area contributed by atoms with Crippen molar-refractivity contribution in [2.45, 2.75) is 17.9 Å². The molecule has 0 spiro atoms. The summed E-state index contributed by atoms with van der Waals surface area (Å²) in [4.78, 5) is 0.239. The van der Waals surface area contributed by atoms with Gasteiger partial charge in [0.1, 0.15) is 11.6 Å². The van der Waals surface area contributed by atoms with Gasteiger partial charge < -0.3 is 5.32 Å². The molecule has 1 N–H and O–H groups in total. The zero-order chi connectivity index (χ0) is 17.0. The molecule has 1 atom stereocenters. The number of hydrogen-bond donors (Lipinski definition) is 1. The second kappa shape index (κ2) is 7.51. The van der Waals surface area contributed by atoms with Crippen molar-refractivity contribution < 1.29 is 17.2 Å². The highest BCUT2D eigenvalue weighted by Crippen LogP contribution is 2.18. The van der Waals surface area contributed by atoms with Crippen molar-refractivity contribution in [1.29, 1.82) is 0 Å². The number of hydrogen-bond acceptors (Lipinski definition) is 3. The van der Waals surface area contributed by atoms with Crippen LogP contribution in [0.3, 0.4) is 0 Å². The predicted octanol–water partition coefficient (Wildman–Crippen LogP) is 3.85. The third-order valence-electron chi connectivity index (χ3n) is 3.42. The van der Waals surface area contributed by atoms with Crippen molar-refractivity contribution >= 4 is 25.8 Å². The van der Waals surface area contributed by atoms with Gasteiger partial charge in [0.25, 0.3) is 0 Å². The van der Waals surface area contributed by atoms with Gasteiger partial charge in [-0.25, -0.2) is 17.2 Å². The average Bonchev–Trinajstić information content (AvgIpc) is 2.47. The maximum atomic E-state index is 13.7. The van der Waals surface area contributed by atoms with E-state index >= 15 is 0 Å². The van der Waals surface area contributed by atoms with Crippen LogP contribution in [0.5, 0.6) is 0 Å². The Kier molecular flexibility index (Phi) is 5.89. The Balaban J connectivity index is 1.97. The quantitative estimate of drug-likeness (QED) is 0.796. The summed E-state index contributed by atoms with van der Waals surface area (Å²) in [6.07, 6.45) is 0. The van der Waals surface area contributed by atoms with Gasteiger partial charge in [0.2, 0.25) is 0 Å². The molecular formula is C16H16BrF2NO2S. The van der Waals surface area contributed by atoms with Gasteiger partial charge in [0.15, 0.2) is 9.84 Å². The predicted molar refractivity (Wildman–Crippen MR) is 89.0 cm³/mol. The summed E-state index contributed by atoms with van der Waals surface area (Å²) in [7, 11) is -3.41. The highest BCUT2D eigenvalue weighted by Gasteiger charge is 2.16. The maximum absolute atomic E-state index is 13.7. The van der Waals surface area contributed by atoms with Gasteiger partial charge in [-0.05, 0) is 37.3 Å². The van der Waals surface area contributed by atoms with E-state index in [1.54, 1.807) is 19.1 Å². The van der Waals surface area contributed by atoms with Crippen LogP contribution in [0, 0.1) is 11.6 Å². The lowest BCUT2D eigenvalue weighted by atomic mass is 10.1. The third kappa shape index (κ3) is 4.83. The molecule has 0 radical (unpaired) electrons. The van der Waals surface area contributed by atoms with E-state index in [0.29, 0.717) is 5.56 Å². The van der Waals surface area contributed by atoms with E-state index in [1.165, 1.54) is 24.3 Å². The molecule has 7 heteroatoms. The molecule has 0 fully saturated rings. The summed E-state index contributed by atoms with van der Waals surface area (Å²) in [6, 6.07) is 9.31. The molecule has 0 heterocycles. The Hall–Kier alpha value is -1.31. The number of nitrogens with one attached hydrogen (secondary N) is 1. The minimum atomic E-state index is -3.41. The molecule has 0 unspecified atom stereocenters. The van der Waals surface area contributed by atoms with Crippen molar-refractivity contribution in [3.63, 3.8) is 0 Å². The fourth-order valence-electron chi connectivity index (χ4n) is 2.13. The van der Waals surface area contributed by atoms with Crippen LogP contribution < -0.4 is 5.32 Å². The molecule has 3 nitrogen and oxygen atoms in total. The minimum Gasteiger partial charge on any atom is -0.309 e. The molecule has 0 aliphatic heterocycles. The Morgan fingerprint density at radius 2 is 1.78 bits per heavy atom. The van der Waals surface area contributed by atoms with Crippen LogP contribution in [0.1, 0.15) is 18.5 Å². The van der Waals surface area contributed by atoms with Crippen LogP contribution in [0.2, 0.25) is 0 Å². The summed E-state index contributed by atoms with van der Waals surface area (Å²) < 4.78 is 51.7. The summed E-state index contributed by atoms with van der Waals surface area (Å²) in [5, 5.41) is 2.95. The summed E-state index contributed by atoms with van der Waals surface area (Å²) in [5.74, 6) is -1.40. The first kappa shape index (κ1) is 18.0. The van der Waals surface area contributed by atoms with E-state index in [2.05, 4.69) is 21.2 Å². The van der Waals surface area contributed by atoms with Gasteiger partial charge in [0, 0.05) is 28.7 Å². The second-order valence-electron chi connectivity index (χ2n) is 5.11. The molecule has 2 rings (SSSR count). The molecule has 0 aliphatic rings. The minimum absolute atomic E-state index is 0.109. The van der Waals surface area contributed by atoms with Gasteiger partial charge in [-0.3, -0.25) is 0 Å². The Bertz CT molecular complexity index is 779. The summed E-state index contributed by atoms with van der Waals surface area (Å²) in [5.41, 5.74) is 0.299. The van der Waals surface area contributed by atoms with Crippen molar-refractivity contribution in [3.05, 3.63) is 64.1 Å². The fourth-order valence-corrected chi connectivity index (χ4v) is 3.57. The first-order valence-electron chi connectivity index (χ1n) is 6.96. The normalized spacial score (nSPS) is 13.0. The number of rotatable bonds is 6. The van der Waals surface area contributed by atoms with Crippen LogP contribution in [0.15, 0.2) is 51.8 Å². The van der Waals surface area contributed by atoms with E-state index in [1.807, 2.05) is 0 Å². The van der Waals surface area contributed by atoms with E-state index in [9.17, 15) is 17.2 Å². The molecule has 0 saturated heterocycles. The number of benzene rings is 2. The number of halogens is 3. The Labute approximate surface area is 142 Å². The van der Waals surface area contributed by atoms with Crippen molar-refractivity contribution in [2.75, 3.05) is 12.3 Å². The highest BCUT2D eigenvalue weighted by molar-refractivity contribution is 9.10. The molecule has 0 aliphatic carbocycles. The molecule has 0 bridgehead atoms. The molecule has 0 saturated carbocycles. The molecule has 0 aromatic heterocycles. The summed E-state index contributed by atoms with van der Waals surface area (Å²) in [6.45, 7) is 1.86.